The van der Waals surface area contributed by atoms with Gasteiger partial charge in [-0.2, -0.15) is 0 Å². The minimum atomic E-state index is -0.00655. The maximum Gasteiger partial charge on any atom is 0.321 e. The predicted molar refractivity (Wildman–Crippen MR) is 164 cm³/mol. The average Bonchev–Trinajstić information content (AvgIpc) is 3.30. The van der Waals surface area contributed by atoms with Gasteiger partial charge in [-0.3, -0.25) is 4.90 Å². The average molecular weight is 549 g/mol. The number of nitrogens with zero attached hydrogens (tertiary/aromatic N) is 5. The molecule has 8 heteroatoms. The number of urea groups is 1. The molecule has 1 aromatic carbocycles. The van der Waals surface area contributed by atoms with Gasteiger partial charge in [0.2, 0.25) is 0 Å². The highest BCUT2D eigenvalue weighted by Gasteiger charge is 2.29. The second-order valence-electron chi connectivity index (χ2n) is 11.9. The molecule has 210 valence electrons. The summed E-state index contributed by atoms with van der Waals surface area (Å²) in [5.41, 5.74) is 4.82. The van der Waals surface area contributed by atoms with Gasteiger partial charge in [0.1, 0.15) is 16.5 Å². The highest BCUT2D eigenvalue weighted by Crippen LogP contribution is 2.40. The molecule has 1 saturated heterocycles. The Morgan fingerprint density at radius 2 is 1.62 bits per heavy atom. The molecular formula is C31H44N6OS. The lowest BCUT2D eigenvalue weighted by atomic mass is 9.93. The number of hydrogen-bond donors (Lipinski definition) is 1. The van der Waals surface area contributed by atoms with Gasteiger partial charge in [0, 0.05) is 55.8 Å². The van der Waals surface area contributed by atoms with Crippen LogP contribution in [-0.4, -0.2) is 65.1 Å². The SMILES string of the molecule is CCN1CCc2c(sc3nc(C(C)C)nc(N4CCN(C(=O)Nc5c(C(C)C)cccc5C(C)C)CC4)c23)C1. The van der Waals surface area contributed by atoms with Crippen LogP contribution >= 0.6 is 11.3 Å². The Bertz CT molecular complexity index is 1310. The normalized spacial score (nSPS) is 16.6. The summed E-state index contributed by atoms with van der Waals surface area (Å²) >= 11 is 1.85. The Morgan fingerprint density at radius 3 is 2.21 bits per heavy atom. The smallest absolute Gasteiger partial charge is 0.321 e. The van der Waals surface area contributed by atoms with Crippen LogP contribution in [0.1, 0.15) is 93.6 Å². The molecule has 39 heavy (non-hydrogen) atoms. The van der Waals surface area contributed by atoms with Crippen LogP contribution in [0.15, 0.2) is 18.2 Å². The van der Waals surface area contributed by atoms with Gasteiger partial charge in [-0.05, 0) is 41.5 Å². The molecule has 0 aliphatic carbocycles. The Hall–Kier alpha value is -2.71. The van der Waals surface area contributed by atoms with Crippen molar-refractivity contribution in [2.24, 2.45) is 0 Å². The Kier molecular flexibility index (Phi) is 8.15. The summed E-state index contributed by atoms with van der Waals surface area (Å²) in [6.07, 6.45) is 1.05. The maximum absolute atomic E-state index is 13.5. The molecule has 2 amide bonds. The van der Waals surface area contributed by atoms with Gasteiger partial charge < -0.3 is 15.1 Å². The Morgan fingerprint density at radius 1 is 0.949 bits per heavy atom. The first-order valence-electron chi connectivity index (χ1n) is 14.7. The van der Waals surface area contributed by atoms with Crippen LogP contribution in [0.3, 0.4) is 0 Å². The van der Waals surface area contributed by atoms with Crippen LogP contribution in [0.4, 0.5) is 16.3 Å². The number of nitrogens with one attached hydrogen (secondary N) is 1. The van der Waals surface area contributed by atoms with Gasteiger partial charge in [-0.1, -0.05) is 66.7 Å². The number of thiophene rings is 1. The first-order chi connectivity index (χ1) is 18.7. The number of fused-ring (bicyclic) bond motifs is 3. The number of rotatable bonds is 6. The van der Waals surface area contributed by atoms with E-state index < -0.39 is 0 Å². The maximum atomic E-state index is 13.5. The topological polar surface area (TPSA) is 64.6 Å². The molecule has 4 heterocycles. The highest BCUT2D eigenvalue weighted by molar-refractivity contribution is 7.19. The van der Waals surface area contributed by atoms with Crippen LogP contribution < -0.4 is 10.2 Å². The van der Waals surface area contributed by atoms with E-state index in [9.17, 15) is 4.79 Å². The molecule has 2 aliphatic rings. The van der Waals surface area contributed by atoms with Crippen molar-refractivity contribution in [1.29, 1.82) is 0 Å². The first-order valence-corrected chi connectivity index (χ1v) is 15.5. The second-order valence-corrected chi connectivity index (χ2v) is 13.0. The summed E-state index contributed by atoms with van der Waals surface area (Å²) < 4.78 is 0. The van der Waals surface area contributed by atoms with E-state index in [-0.39, 0.29) is 11.9 Å². The number of piperazine rings is 1. The second kappa shape index (κ2) is 11.4. The summed E-state index contributed by atoms with van der Waals surface area (Å²) in [5, 5.41) is 4.56. The van der Waals surface area contributed by atoms with E-state index in [1.165, 1.54) is 27.0 Å². The third-order valence-electron chi connectivity index (χ3n) is 8.21. The van der Waals surface area contributed by atoms with Gasteiger partial charge in [-0.25, -0.2) is 14.8 Å². The van der Waals surface area contributed by atoms with Crippen molar-refractivity contribution in [1.82, 2.24) is 19.8 Å². The van der Waals surface area contributed by atoms with Gasteiger partial charge in [-0.15, -0.1) is 11.3 Å². The van der Waals surface area contributed by atoms with Gasteiger partial charge >= 0.3 is 6.03 Å². The van der Waals surface area contributed by atoms with Gasteiger partial charge in [0.25, 0.3) is 0 Å². The van der Waals surface area contributed by atoms with Crippen molar-refractivity contribution < 1.29 is 4.79 Å². The largest absolute Gasteiger partial charge is 0.352 e. The van der Waals surface area contributed by atoms with Crippen molar-refractivity contribution in [3.8, 4) is 0 Å². The Labute approximate surface area is 237 Å². The fraction of sp³-hybridized carbons (Fsp3) is 0.581. The lowest BCUT2D eigenvalue weighted by Gasteiger charge is -2.36. The number of hydrogen-bond acceptors (Lipinski definition) is 6. The zero-order chi connectivity index (χ0) is 27.8. The molecule has 5 rings (SSSR count). The third kappa shape index (κ3) is 5.50. The van der Waals surface area contributed by atoms with Crippen LogP contribution in [0.5, 0.6) is 0 Å². The first kappa shape index (κ1) is 27.8. The van der Waals surface area contributed by atoms with E-state index in [0.29, 0.717) is 24.9 Å². The number of amides is 2. The number of carbonyl (C=O) groups is 1. The van der Waals surface area contributed by atoms with E-state index in [2.05, 4.69) is 81.8 Å². The molecular weight excluding hydrogens is 504 g/mol. The third-order valence-corrected chi connectivity index (χ3v) is 9.32. The summed E-state index contributed by atoms with van der Waals surface area (Å²) in [7, 11) is 0. The number of carbonyl (C=O) groups excluding carboxylic acids is 1. The monoisotopic (exact) mass is 548 g/mol. The van der Waals surface area contributed by atoms with Crippen molar-refractivity contribution >= 4 is 39.1 Å². The van der Waals surface area contributed by atoms with Crippen LogP contribution in [0, 0.1) is 0 Å². The molecule has 0 bridgehead atoms. The van der Waals surface area contributed by atoms with E-state index in [1.54, 1.807) is 0 Å². The number of benzene rings is 1. The lowest BCUT2D eigenvalue weighted by Crippen LogP contribution is -2.50. The molecule has 0 saturated carbocycles. The summed E-state index contributed by atoms with van der Waals surface area (Å²) in [6, 6.07) is 6.37. The predicted octanol–water partition coefficient (Wildman–Crippen LogP) is 6.79. The number of anilines is 2. The fourth-order valence-corrected chi connectivity index (χ4v) is 7.07. The van der Waals surface area contributed by atoms with E-state index in [0.717, 1.165) is 61.3 Å². The highest BCUT2D eigenvalue weighted by atomic mass is 32.1. The quantitative estimate of drug-likeness (QED) is 0.367. The minimum Gasteiger partial charge on any atom is -0.352 e. The van der Waals surface area contributed by atoms with Crippen molar-refractivity contribution in [3.05, 3.63) is 45.6 Å². The molecule has 2 aliphatic heterocycles. The van der Waals surface area contributed by atoms with E-state index in [1.807, 2.05) is 16.2 Å². The van der Waals surface area contributed by atoms with Crippen molar-refractivity contribution in [3.63, 3.8) is 0 Å². The molecule has 0 radical (unpaired) electrons. The zero-order valence-corrected chi connectivity index (χ0v) is 25.5. The molecule has 2 aromatic heterocycles. The Balaban J connectivity index is 1.38. The van der Waals surface area contributed by atoms with Gasteiger partial charge in [0.05, 0.1) is 5.39 Å². The van der Waals surface area contributed by atoms with Crippen molar-refractivity contribution in [2.45, 2.75) is 79.2 Å². The van der Waals surface area contributed by atoms with E-state index >= 15 is 0 Å². The molecule has 0 atom stereocenters. The summed E-state index contributed by atoms with van der Waals surface area (Å²) in [6.45, 7) is 21.4. The molecule has 7 nitrogen and oxygen atoms in total. The van der Waals surface area contributed by atoms with Crippen molar-refractivity contribution in [2.75, 3.05) is 49.5 Å². The molecule has 3 aromatic rings. The molecule has 0 spiro atoms. The van der Waals surface area contributed by atoms with Crippen LogP contribution in [0.2, 0.25) is 0 Å². The number of para-hydroxylation sites is 1. The molecule has 1 fully saturated rings. The number of likely N-dealkylation sites (N-methyl/N-ethyl adjacent to an activating group) is 1. The van der Waals surface area contributed by atoms with E-state index in [4.69, 9.17) is 9.97 Å². The number of aromatic nitrogens is 2. The lowest BCUT2D eigenvalue weighted by molar-refractivity contribution is 0.208. The van der Waals surface area contributed by atoms with Crippen LogP contribution in [-0.2, 0) is 13.0 Å². The summed E-state index contributed by atoms with van der Waals surface area (Å²) in [4.78, 5) is 33.1. The molecule has 1 N–H and O–H groups in total. The van der Waals surface area contributed by atoms with Gasteiger partial charge in [0.15, 0.2) is 0 Å². The fourth-order valence-electron chi connectivity index (χ4n) is 5.80. The summed E-state index contributed by atoms with van der Waals surface area (Å²) in [5.74, 6) is 2.93. The zero-order valence-electron chi connectivity index (χ0n) is 24.7. The van der Waals surface area contributed by atoms with Crippen LogP contribution in [0.25, 0.3) is 10.2 Å². The standard InChI is InChI=1S/C31H44N6OS/c1-8-35-13-12-24-25(18-35)39-30-26(24)29(33-28(34-30)21(6)7)36-14-16-37(17-15-36)31(38)32-27-22(19(2)3)10-9-11-23(27)20(4)5/h9-11,19-21H,8,12-18H2,1-7H3,(H,32,38). The molecule has 0 unspecified atom stereocenters. The minimum absolute atomic E-state index is 0.00655.